The van der Waals surface area contributed by atoms with Gasteiger partial charge < -0.3 is 20.9 Å². The van der Waals surface area contributed by atoms with Gasteiger partial charge >= 0.3 is 5.97 Å². The molecule has 18 heavy (non-hydrogen) atoms. The van der Waals surface area contributed by atoms with E-state index < -0.39 is 5.97 Å². The number of carboxylic acids is 1. The number of nitrogens with two attached hydrogens (primary N) is 1. The van der Waals surface area contributed by atoms with Gasteiger partial charge in [0.15, 0.2) is 0 Å². The minimum absolute atomic E-state index is 0.0423. The second kappa shape index (κ2) is 6.48. The number of carboxylic acid groups (broad SMARTS) is 1. The summed E-state index contributed by atoms with van der Waals surface area (Å²) in [5.41, 5.74) is 5.78. The third kappa shape index (κ3) is 3.97. The average molecular weight is 252 g/mol. The Balaban J connectivity index is 2.46. The minimum atomic E-state index is -1.07. The molecule has 0 saturated heterocycles. The minimum Gasteiger partial charge on any atom is -0.494 e. The molecule has 1 aromatic rings. The Morgan fingerprint density at radius 3 is 2.72 bits per heavy atom. The van der Waals surface area contributed by atoms with Crippen LogP contribution in [0.25, 0.3) is 0 Å². The van der Waals surface area contributed by atoms with Gasteiger partial charge in [0.25, 0.3) is 0 Å². The Kier molecular flexibility index (Phi) is 4.98. The number of nitrogens with one attached hydrogen (secondary N) is 1. The van der Waals surface area contributed by atoms with Gasteiger partial charge in [-0.1, -0.05) is 0 Å². The Morgan fingerprint density at radius 1 is 1.44 bits per heavy atom. The molecule has 0 saturated carbocycles. The largest absolute Gasteiger partial charge is 0.494 e. The molecule has 0 aromatic heterocycles. The maximum Gasteiger partial charge on any atom is 0.337 e. The molecule has 98 valence electrons. The lowest BCUT2D eigenvalue weighted by Crippen LogP contribution is -2.18. The molecular formula is C12H16N2O4. The van der Waals surface area contributed by atoms with Crippen molar-refractivity contribution in [1.29, 1.82) is 0 Å². The van der Waals surface area contributed by atoms with Crippen molar-refractivity contribution in [2.45, 2.75) is 12.8 Å². The van der Waals surface area contributed by atoms with E-state index in [0.29, 0.717) is 25.2 Å². The summed E-state index contributed by atoms with van der Waals surface area (Å²) in [4.78, 5) is 21.7. The Hall–Kier alpha value is -2.24. The summed E-state index contributed by atoms with van der Waals surface area (Å²) in [5.74, 6) is -0.618. The molecule has 0 aliphatic heterocycles. The van der Waals surface area contributed by atoms with Crippen LogP contribution in [0, 0.1) is 0 Å². The molecule has 1 amide bonds. The molecule has 0 radical (unpaired) electrons. The van der Waals surface area contributed by atoms with E-state index in [1.807, 2.05) is 0 Å². The quantitative estimate of drug-likeness (QED) is 0.515. The van der Waals surface area contributed by atoms with Gasteiger partial charge in [-0.3, -0.25) is 4.79 Å². The first-order chi connectivity index (χ1) is 8.54. The molecule has 0 atom stereocenters. The van der Waals surface area contributed by atoms with Crippen molar-refractivity contribution in [3.8, 4) is 5.75 Å². The number of rotatable bonds is 6. The zero-order valence-electron chi connectivity index (χ0n) is 10.1. The number of carbonyl (C=O) groups is 2. The molecule has 0 aliphatic carbocycles. The number of carbonyl (C=O) groups excluding carboxylic acids is 1. The summed E-state index contributed by atoms with van der Waals surface area (Å²) in [6.07, 6.45) is 0.972. The average Bonchev–Trinajstić information content (AvgIpc) is 2.34. The maximum absolute atomic E-state index is 10.9. The Labute approximate surface area is 105 Å². The maximum atomic E-state index is 10.9. The summed E-state index contributed by atoms with van der Waals surface area (Å²) >= 11 is 0. The normalized spacial score (nSPS) is 9.83. The van der Waals surface area contributed by atoms with Crippen LogP contribution in [-0.2, 0) is 4.79 Å². The van der Waals surface area contributed by atoms with Crippen molar-refractivity contribution in [3.05, 3.63) is 23.8 Å². The molecule has 1 aromatic carbocycles. The highest BCUT2D eigenvalue weighted by Gasteiger charge is 2.08. The van der Waals surface area contributed by atoms with Crippen LogP contribution in [0.5, 0.6) is 5.75 Å². The summed E-state index contributed by atoms with van der Waals surface area (Å²) in [5, 5.41) is 11.3. The van der Waals surface area contributed by atoms with E-state index in [4.69, 9.17) is 15.6 Å². The van der Waals surface area contributed by atoms with E-state index in [-0.39, 0.29) is 17.2 Å². The van der Waals surface area contributed by atoms with E-state index in [2.05, 4.69) is 5.32 Å². The number of ether oxygens (including phenoxy) is 1. The zero-order valence-corrected chi connectivity index (χ0v) is 10.1. The van der Waals surface area contributed by atoms with Gasteiger partial charge in [-0.2, -0.15) is 0 Å². The van der Waals surface area contributed by atoms with E-state index in [9.17, 15) is 9.59 Å². The van der Waals surface area contributed by atoms with Crippen molar-refractivity contribution in [2.75, 3.05) is 19.4 Å². The van der Waals surface area contributed by atoms with E-state index in [1.54, 1.807) is 13.1 Å². The predicted octanol–water partition coefficient (Wildman–Crippen LogP) is 0.872. The van der Waals surface area contributed by atoms with Crippen LogP contribution in [0.1, 0.15) is 23.2 Å². The van der Waals surface area contributed by atoms with Gasteiger partial charge in [-0.15, -0.1) is 0 Å². The first-order valence-electron chi connectivity index (χ1n) is 5.50. The molecule has 0 fully saturated rings. The summed E-state index contributed by atoms with van der Waals surface area (Å²) in [6, 6.07) is 4.40. The SMILES string of the molecule is CNC(=O)CCCOc1ccc(C(=O)O)c(N)c1. The van der Waals surface area contributed by atoms with Gasteiger partial charge in [0.1, 0.15) is 5.75 Å². The molecule has 1 rings (SSSR count). The van der Waals surface area contributed by atoms with Crippen LogP contribution in [-0.4, -0.2) is 30.6 Å². The van der Waals surface area contributed by atoms with Crippen LogP contribution < -0.4 is 15.8 Å². The lowest BCUT2D eigenvalue weighted by atomic mass is 10.2. The van der Waals surface area contributed by atoms with Crippen LogP contribution in [0.15, 0.2) is 18.2 Å². The van der Waals surface area contributed by atoms with Crippen LogP contribution in [0.3, 0.4) is 0 Å². The number of hydrogen-bond acceptors (Lipinski definition) is 4. The molecular weight excluding hydrogens is 236 g/mol. The number of amides is 1. The Morgan fingerprint density at radius 2 is 2.17 bits per heavy atom. The first kappa shape index (κ1) is 13.8. The highest BCUT2D eigenvalue weighted by atomic mass is 16.5. The summed E-state index contributed by atoms with van der Waals surface area (Å²) in [7, 11) is 1.58. The standard InChI is InChI=1S/C12H16N2O4/c1-14-11(15)3-2-6-18-8-4-5-9(12(16)17)10(13)7-8/h4-5,7H,2-3,6,13H2,1H3,(H,14,15)(H,16,17). The summed E-state index contributed by atoms with van der Waals surface area (Å²) < 4.78 is 5.36. The van der Waals surface area contributed by atoms with Gasteiger partial charge in [0.2, 0.25) is 5.91 Å². The Bertz CT molecular complexity index is 446. The topological polar surface area (TPSA) is 102 Å². The third-order valence-electron chi connectivity index (χ3n) is 2.35. The molecule has 6 nitrogen and oxygen atoms in total. The van der Waals surface area contributed by atoms with Gasteiger partial charge in [0.05, 0.1) is 12.2 Å². The molecule has 6 heteroatoms. The number of aromatic carboxylic acids is 1. The number of hydrogen-bond donors (Lipinski definition) is 3. The van der Waals surface area contributed by atoms with E-state index in [1.165, 1.54) is 12.1 Å². The van der Waals surface area contributed by atoms with Crippen molar-refractivity contribution < 1.29 is 19.4 Å². The van der Waals surface area contributed by atoms with Gasteiger partial charge in [-0.25, -0.2) is 4.79 Å². The highest BCUT2D eigenvalue weighted by Crippen LogP contribution is 2.20. The fourth-order valence-corrected chi connectivity index (χ4v) is 1.37. The second-order valence-corrected chi connectivity index (χ2v) is 3.68. The lowest BCUT2D eigenvalue weighted by molar-refractivity contribution is -0.120. The zero-order chi connectivity index (χ0) is 13.5. The van der Waals surface area contributed by atoms with Crippen molar-refractivity contribution in [2.24, 2.45) is 0 Å². The van der Waals surface area contributed by atoms with Crippen LogP contribution in [0.2, 0.25) is 0 Å². The monoisotopic (exact) mass is 252 g/mol. The van der Waals surface area contributed by atoms with Crippen molar-refractivity contribution >= 4 is 17.6 Å². The summed E-state index contributed by atoms with van der Waals surface area (Å²) in [6.45, 7) is 0.374. The molecule has 0 spiro atoms. The van der Waals surface area contributed by atoms with Gasteiger partial charge in [0, 0.05) is 25.2 Å². The molecule has 0 heterocycles. The molecule has 0 aliphatic rings. The molecule has 0 unspecified atom stereocenters. The van der Waals surface area contributed by atoms with Crippen molar-refractivity contribution in [3.63, 3.8) is 0 Å². The fourth-order valence-electron chi connectivity index (χ4n) is 1.37. The third-order valence-corrected chi connectivity index (χ3v) is 2.35. The van der Waals surface area contributed by atoms with Crippen LogP contribution in [0.4, 0.5) is 5.69 Å². The van der Waals surface area contributed by atoms with Gasteiger partial charge in [-0.05, 0) is 18.6 Å². The van der Waals surface area contributed by atoms with E-state index in [0.717, 1.165) is 0 Å². The number of nitrogen functional groups attached to an aromatic ring is 1. The van der Waals surface area contributed by atoms with E-state index >= 15 is 0 Å². The smallest absolute Gasteiger partial charge is 0.337 e. The highest BCUT2D eigenvalue weighted by molar-refractivity contribution is 5.93. The van der Waals surface area contributed by atoms with Crippen molar-refractivity contribution in [1.82, 2.24) is 5.32 Å². The molecule has 4 N–H and O–H groups in total. The fraction of sp³-hybridized carbons (Fsp3) is 0.333. The first-order valence-corrected chi connectivity index (χ1v) is 5.50. The number of anilines is 1. The van der Waals surface area contributed by atoms with Crippen LogP contribution >= 0.6 is 0 Å². The number of benzene rings is 1. The lowest BCUT2D eigenvalue weighted by Gasteiger charge is -2.08. The molecule has 0 bridgehead atoms. The second-order valence-electron chi connectivity index (χ2n) is 3.68. The predicted molar refractivity (Wildman–Crippen MR) is 66.6 cm³/mol.